The fourth-order valence-corrected chi connectivity index (χ4v) is 1.79. The van der Waals surface area contributed by atoms with Crippen LogP contribution in [0.1, 0.15) is 11.1 Å². The quantitative estimate of drug-likeness (QED) is 0.822. The Morgan fingerprint density at radius 1 is 1.17 bits per heavy atom. The average molecular weight is 240 g/mol. The van der Waals surface area contributed by atoms with Crippen LogP contribution in [0.25, 0.3) is 0 Å². The normalized spacial score (nSPS) is 9.83. The molecule has 0 spiro atoms. The largest absolute Gasteiger partial charge is 0.370 e. The molecule has 0 N–H and O–H groups in total. The lowest BCUT2D eigenvalue weighted by Crippen LogP contribution is -2.17. The van der Waals surface area contributed by atoms with Crippen molar-refractivity contribution in [3.8, 4) is 6.07 Å². The molecule has 2 rings (SSSR count). The van der Waals surface area contributed by atoms with Gasteiger partial charge in [-0.1, -0.05) is 18.2 Å². The Morgan fingerprint density at radius 2 is 1.89 bits per heavy atom. The molecule has 0 fully saturated rings. The van der Waals surface area contributed by atoms with Crippen LogP contribution < -0.4 is 4.90 Å². The summed E-state index contributed by atoms with van der Waals surface area (Å²) in [5, 5.41) is 8.82. The molecular formula is C15H13FN2. The van der Waals surface area contributed by atoms with Gasteiger partial charge in [-0.25, -0.2) is 4.39 Å². The van der Waals surface area contributed by atoms with Crippen LogP contribution in [0, 0.1) is 17.1 Å². The van der Waals surface area contributed by atoms with Gasteiger partial charge in [-0.2, -0.15) is 5.26 Å². The van der Waals surface area contributed by atoms with Gasteiger partial charge in [-0.3, -0.25) is 0 Å². The smallest absolute Gasteiger partial charge is 0.128 e. The molecule has 2 aromatic carbocycles. The second-order valence-corrected chi connectivity index (χ2v) is 4.11. The SMILES string of the molecule is CN(Cc1cc(C#N)ccc1F)c1ccccc1. The molecule has 90 valence electrons. The fourth-order valence-electron chi connectivity index (χ4n) is 1.79. The maximum absolute atomic E-state index is 13.6. The van der Waals surface area contributed by atoms with E-state index in [0.717, 1.165) is 5.69 Å². The van der Waals surface area contributed by atoms with E-state index in [1.54, 1.807) is 6.07 Å². The highest BCUT2D eigenvalue weighted by Crippen LogP contribution is 2.17. The first-order valence-electron chi connectivity index (χ1n) is 5.65. The van der Waals surface area contributed by atoms with Gasteiger partial charge in [0.2, 0.25) is 0 Å². The molecule has 0 saturated carbocycles. The van der Waals surface area contributed by atoms with E-state index in [-0.39, 0.29) is 5.82 Å². The zero-order valence-electron chi connectivity index (χ0n) is 10.1. The van der Waals surface area contributed by atoms with Crippen molar-refractivity contribution < 1.29 is 4.39 Å². The third-order valence-electron chi connectivity index (χ3n) is 2.78. The Labute approximate surface area is 106 Å². The van der Waals surface area contributed by atoms with Crippen molar-refractivity contribution in [1.82, 2.24) is 0 Å². The first-order chi connectivity index (χ1) is 8.70. The highest BCUT2D eigenvalue weighted by molar-refractivity contribution is 5.46. The number of anilines is 1. The molecule has 18 heavy (non-hydrogen) atoms. The molecule has 0 unspecified atom stereocenters. The number of nitriles is 1. The molecule has 0 bridgehead atoms. The summed E-state index contributed by atoms with van der Waals surface area (Å²) in [6.07, 6.45) is 0. The Morgan fingerprint density at radius 3 is 2.56 bits per heavy atom. The molecule has 0 aliphatic carbocycles. The second kappa shape index (κ2) is 5.33. The fraction of sp³-hybridized carbons (Fsp3) is 0.133. The second-order valence-electron chi connectivity index (χ2n) is 4.11. The van der Waals surface area contributed by atoms with E-state index in [1.807, 2.05) is 48.3 Å². The van der Waals surface area contributed by atoms with Gasteiger partial charge in [0.05, 0.1) is 11.6 Å². The van der Waals surface area contributed by atoms with E-state index < -0.39 is 0 Å². The van der Waals surface area contributed by atoms with E-state index >= 15 is 0 Å². The van der Waals surface area contributed by atoms with Gasteiger partial charge in [0.1, 0.15) is 5.82 Å². The summed E-state index contributed by atoms with van der Waals surface area (Å²) < 4.78 is 13.6. The van der Waals surface area contributed by atoms with Crippen molar-refractivity contribution in [3.05, 3.63) is 65.5 Å². The van der Waals surface area contributed by atoms with Crippen molar-refractivity contribution >= 4 is 5.69 Å². The minimum absolute atomic E-state index is 0.281. The first-order valence-corrected chi connectivity index (χ1v) is 5.65. The standard InChI is InChI=1S/C15H13FN2/c1-18(14-5-3-2-4-6-14)11-13-9-12(10-17)7-8-15(13)16/h2-9H,11H2,1H3. The van der Waals surface area contributed by atoms with Crippen LogP contribution in [0.2, 0.25) is 0 Å². The lowest BCUT2D eigenvalue weighted by Gasteiger charge is -2.19. The van der Waals surface area contributed by atoms with Gasteiger partial charge >= 0.3 is 0 Å². The van der Waals surface area contributed by atoms with Crippen LogP contribution in [0.4, 0.5) is 10.1 Å². The summed E-state index contributed by atoms with van der Waals surface area (Å²) >= 11 is 0. The van der Waals surface area contributed by atoms with Gasteiger partial charge in [0.25, 0.3) is 0 Å². The van der Waals surface area contributed by atoms with Gasteiger partial charge in [0, 0.05) is 24.8 Å². The van der Waals surface area contributed by atoms with Crippen molar-refractivity contribution in [3.63, 3.8) is 0 Å². The van der Waals surface area contributed by atoms with Crippen molar-refractivity contribution in [2.24, 2.45) is 0 Å². The van der Waals surface area contributed by atoms with Crippen molar-refractivity contribution in [2.45, 2.75) is 6.54 Å². The van der Waals surface area contributed by atoms with Crippen LogP contribution in [-0.4, -0.2) is 7.05 Å². The van der Waals surface area contributed by atoms with Crippen molar-refractivity contribution in [1.29, 1.82) is 5.26 Å². The van der Waals surface area contributed by atoms with Gasteiger partial charge < -0.3 is 4.90 Å². The summed E-state index contributed by atoms with van der Waals surface area (Å²) in [7, 11) is 1.90. The molecule has 3 heteroatoms. The monoisotopic (exact) mass is 240 g/mol. The molecule has 2 aromatic rings. The number of halogens is 1. The molecule has 0 atom stereocenters. The van der Waals surface area contributed by atoms with Gasteiger partial charge in [0.15, 0.2) is 0 Å². The highest BCUT2D eigenvalue weighted by Gasteiger charge is 2.07. The molecule has 0 aromatic heterocycles. The van der Waals surface area contributed by atoms with Crippen LogP contribution in [0.3, 0.4) is 0 Å². The van der Waals surface area contributed by atoms with E-state index in [4.69, 9.17) is 5.26 Å². The minimum Gasteiger partial charge on any atom is -0.370 e. The maximum Gasteiger partial charge on any atom is 0.128 e. The molecular weight excluding hydrogens is 227 g/mol. The van der Waals surface area contributed by atoms with Gasteiger partial charge in [-0.15, -0.1) is 0 Å². The molecule has 2 nitrogen and oxygen atoms in total. The zero-order valence-corrected chi connectivity index (χ0v) is 10.1. The summed E-state index contributed by atoms with van der Waals surface area (Å²) in [5.41, 5.74) is 2.02. The van der Waals surface area contributed by atoms with E-state index in [0.29, 0.717) is 17.7 Å². The van der Waals surface area contributed by atoms with Crippen LogP contribution in [-0.2, 0) is 6.54 Å². The number of para-hydroxylation sites is 1. The van der Waals surface area contributed by atoms with E-state index in [9.17, 15) is 4.39 Å². The summed E-state index contributed by atoms with van der Waals surface area (Å²) in [6.45, 7) is 0.436. The summed E-state index contributed by atoms with van der Waals surface area (Å²) in [4.78, 5) is 1.94. The molecule has 0 aliphatic rings. The Bertz CT molecular complexity index is 573. The van der Waals surface area contributed by atoms with Crippen molar-refractivity contribution in [2.75, 3.05) is 11.9 Å². The third-order valence-corrected chi connectivity index (χ3v) is 2.78. The summed E-state index contributed by atoms with van der Waals surface area (Å²) in [5.74, 6) is -0.281. The Balaban J connectivity index is 2.22. The predicted molar refractivity (Wildman–Crippen MR) is 69.7 cm³/mol. The lowest BCUT2D eigenvalue weighted by molar-refractivity contribution is 0.607. The summed E-state index contributed by atoms with van der Waals surface area (Å²) in [6, 6.07) is 16.2. The molecule has 0 amide bonds. The van der Waals surface area contributed by atoms with Crippen LogP contribution in [0.5, 0.6) is 0 Å². The van der Waals surface area contributed by atoms with E-state index in [2.05, 4.69) is 0 Å². The Hall–Kier alpha value is -2.34. The topological polar surface area (TPSA) is 27.0 Å². The first kappa shape index (κ1) is 12.1. The molecule has 0 saturated heterocycles. The third kappa shape index (κ3) is 2.67. The average Bonchev–Trinajstić information content (AvgIpc) is 2.42. The molecule has 0 heterocycles. The van der Waals surface area contributed by atoms with Crippen LogP contribution in [0.15, 0.2) is 48.5 Å². The number of hydrogen-bond donors (Lipinski definition) is 0. The predicted octanol–water partition coefficient (Wildman–Crippen LogP) is 3.33. The highest BCUT2D eigenvalue weighted by atomic mass is 19.1. The minimum atomic E-state index is -0.281. The number of benzene rings is 2. The zero-order chi connectivity index (χ0) is 13.0. The Kier molecular flexibility index (Phi) is 3.59. The maximum atomic E-state index is 13.6. The molecule has 0 radical (unpaired) electrons. The van der Waals surface area contributed by atoms with Gasteiger partial charge in [-0.05, 0) is 30.3 Å². The number of nitrogens with zero attached hydrogens (tertiary/aromatic N) is 2. The number of rotatable bonds is 3. The number of hydrogen-bond acceptors (Lipinski definition) is 2. The van der Waals surface area contributed by atoms with Crippen LogP contribution >= 0.6 is 0 Å². The molecule has 0 aliphatic heterocycles. The van der Waals surface area contributed by atoms with E-state index in [1.165, 1.54) is 12.1 Å². The lowest BCUT2D eigenvalue weighted by atomic mass is 10.1.